The monoisotopic (exact) mass is 192 g/mol. The first-order chi connectivity index (χ1) is 6.75. The van der Waals surface area contributed by atoms with Gasteiger partial charge in [0, 0.05) is 12.1 Å². The molecule has 1 saturated heterocycles. The number of rotatable bonds is 1. The molecule has 1 atom stereocenters. The molecule has 1 amide bonds. The van der Waals surface area contributed by atoms with Crippen LogP contribution in [0.25, 0.3) is 0 Å². The van der Waals surface area contributed by atoms with Crippen LogP contribution < -0.4 is 11.1 Å². The average molecular weight is 192 g/mol. The second kappa shape index (κ2) is 3.57. The van der Waals surface area contributed by atoms with Gasteiger partial charge in [-0.2, -0.15) is 0 Å². The van der Waals surface area contributed by atoms with Crippen LogP contribution in [-0.4, -0.2) is 12.7 Å². The zero-order valence-corrected chi connectivity index (χ0v) is 7.69. The number of hydrogen-bond donors (Lipinski definition) is 2. The van der Waals surface area contributed by atoms with Crippen LogP contribution in [0.4, 0.5) is 10.5 Å². The Kier molecular flexibility index (Phi) is 2.26. The lowest BCUT2D eigenvalue weighted by Crippen LogP contribution is -2.35. The van der Waals surface area contributed by atoms with Crippen molar-refractivity contribution in [3.8, 4) is 0 Å². The summed E-state index contributed by atoms with van der Waals surface area (Å²) in [5, 5.41) is 2.74. The minimum Gasteiger partial charge on any atom is -0.449 e. The van der Waals surface area contributed by atoms with Crippen LogP contribution in [0.1, 0.15) is 18.0 Å². The lowest BCUT2D eigenvalue weighted by molar-refractivity contribution is 0.115. The molecule has 14 heavy (non-hydrogen) atoms. The number of amides is 1. The molecule has 4 heteroatoms. The third-order valence-corrected chi connectivity index (χ3v) is 2.24. The van der Waals surface area contributed by atoms with E-state index >= 15 is 0 Å². The summed E-state index contributed by atoms with van der Waals surface area (Å²) in [6.45, 7) is 0.464. The van der Waals surface area contributed by atoms with Gasteiger partial charge in [0.15, 0.2) is 0 Å². The quantitative estimate of drug-likeness (QED) is 0.662. The Morgan fingerprint density at radius 3 is 3.07 bits per heavy atom. The molecule has 1 heterocycles. The topological polar surface area (TPSA) is 64.3 Å². The number of nitrogens with one attached hydrogen (secondary N) is 1. The molecule has 0 aliphatic carbocycles. The minimum absolute atomic E-state index is 0.0275. The van der Waals surface area contributed by atoms with Gasteiger partial charge in [-0.3, -0.25) is 0 Å². The van der Waals surface area contributed by atoms with Crippen molar-refractivity contribution in [1.29, 1.82) is 0 Å². The maximum absolute atomic E-state index is 11.0. The summed E-state index contributed by atoms with van der Waals surface area (Å²) in [5.41, 5.74) is 7.40. The first-order valence-electron chi connectivity index (χ1n) is 4.54. The van der Waals surface area contributed by atoms with Gasteiger partial charge in [0.1, 0.15) is 0 Å². The second-order valence-electron chi connectivity index (χ2n) is 3.29. The van der Waals surface area contributed by atoms with Crippen LogP contribution >= 0.6 is 0 Å². The van der Waals surface area contributed by atoms with Gasteiger partial charge in [-0.15, -0.1) is 0 Å². The van der Waals surface area contributed by atoms with E-state index < -0.39 is 0 Å². The highest BCUT2D eigenvalue weighted by Crippen LogP contribution is 2.21. The first-order valence-corrected chi connectivity index (χ1v) is 4.54. The summed E-state index contributed by atoms with van der Waals surface area (Å²) in [5.74, 6) is 0. The number of ether oxygens (including phenoxy) is 1. The average Bonchev–Trinajstić information content (AvgIpc) is 2.18. The number of anilines is 1. The number of hydrogen-bond acceptors (Lipinski definition) is 3. The Hall–Kier alpha value is -1.71. The molecule has 1 aromatic rings. The minimum atomic E-state index is -0.358. The maximum Gasteiger partial charge on any atom is 0.407 e. The van der Waals surface area contributed by atoms with Crippen molar-refractivity contribution in [3.05, 3.63) is 29.8 Å². The van der Waals surface area contributed by atoms with Crippen molar-refractivity contribution in [1.82, 2.24) is 5.32 Å². The number of carbonyl (C=O) groups is 1. The molecule has 0 spiro atoms. The Morgan fingerprint density at radius 2 is 2.36 bits per heavy atom. The predicted octanol–water partition coefficient (Wildman–Crippen LogP) is 1.44. The van der Waals surface area contributed by atoms with Crippen molar-refractivity contribution in [2.75, 3.05) is 12.3 Å². The summed E-state index contributed by atoms with van der Waals surface area (Å²) < 4.78 is 4.78. The van der Waals surface area contributed by atoms with Crippen LogP contribution in [0.2, 0.25) is 0 Å². The van der Waals surface area contributed by atoms with Gasteiger partial charge in [0.2, 0.25) is 0 Å². The van der Waals surface area contributed by atoms with E-state index in [9.17, 15) is 4.79 Å². The second-order valence-corrected chi connectivity index (χ2v) is 3.29. The Morgan fingerprint density at radius 1 is 1.50 bits per heavy atom. The van der Waals surface area contributed by atoms with E-state index in [1.165, 1.54) is 0 Å². The molecule has 1 fully saturated rings. The molecule has 0 saturated carbocycles. The fourth-order valence-electron chi connectivity index (χ4n) is 1.55. The summed E-state index contributed by atoms with van der Waals surface area (Å²) >= 11 is 0. The van der Waals surface area contributed by atoms with Crippen molar-refractivity contribution in [2.24, 2.45) is 0 Å². The Balaban J connectivity index is 2.17. The highest BCUT2D eigenvalue weighted by atomic mass is 16.5. The zero-order valence-electron chi connectivity index (χ0n) is 7.69. The lowest BCUT2D eigenvalue weighted by atomic mass is 10.0. The smallest absolute Gasteiger partial charge is 0.407 e. The van der Waals surface area contributed by atoms with Gasteiger partial charge >= 0.3 is 6.09 Å². The molecule has 74 valence electrons. The fourth-order valence-corrected chi connectivity index (χ4v) is 1.55. The van der Waals surface area contributed by atoms with E-state index in [-0.39, 0.29) is 12.1 Å². The van der Waals surface area contributed by atoms with Gasteiger partial charge in [-0.25, -0.2) is 4.79 Å². The van der Waals surface area contributed by atoms with E-state index in [0.717, 1.165) is 12.0 Å². The third-order valence-electron chi connectivity index (χ3n) is 2.24. The summed E-state index contributed by atoms with van der Waals surface area (Å²) in [4.78, 5) is 11.0. The normalized spacial score (nSPS) is 21.1. The molecule has 4 nitrogen and oxygen atoms in total. The summed E-state index contributed by atoms with van der Waals surface area (Å²) in [6.07, 6.45) is 0.429. The highest BCUT2D eigenvalue weighted by Gasteiger charge is 2.20. The number of nitrogen functional groups attached to an aromatic ring is 1. The predicted molar refractivity (Wildman–Crippen MR) is 52.7 cm³/mol. The lowest BCUT2D eigenvalue weighted by Gasteiger charge is -2.23. The van der Waals surface area contributed by atoms with E-state index in [1.807, 2.05) is 24.3 Å². The van der Waals surface area contributed by atoms with Gasteiger partial charge in [-0.05, 0) is 17.7 Å². The SMILES string of the molecule is Nc1cccc(C2CCOC(=O)N2)c1. The van der Waals surface area contributed by atoms with Crippen molar-refractivity contribution < 1.29 is 9.53 Å². The van der Waals surface area contributed by atoms with Crippen LogP contribution in [0.5, 0.6) is 0 Å². The highest BCUT2D eigenvalue weighted by molar-refractivity contribution is 5.68. The van der Waals surface area contributed by atoms with E-state index in [2.05, 4.69) is 5.32 Å². The largest absolute Gasteiger partial charge is 0.449 e. The summed E-state index contributed by atoms with van der Waals surface area (Å²) in [7, 11) is 0. The number of cyclic esters (lactones) is 1. The number of benzene rings is 1. The van der Waals surface area contributed by atoms with E-state index in [0.29, 0.717) is 12.3 Å². The van der Waals surface area contributed by atoms with Gasteiger partial charge in [-0.1, -0.05) is 12.1 Å². The van der Waals surface area contributed by atoms with Gasteiger partial charge in [0.25, 0.3) is 0 Å². The Bertz CT molecular complexity index is 352. The fraction of sp³-hybridized carbons (Fsp3) is 0.300. The first kappa shape index (κ1) is 8.87. The van der Waals surface area contributed by atoms with Crippen molar-refractivity contribution in [3.63, 3.8) is 0 Å². The molecule has 2 rings (SSSR count). The van der Waals surface area contributed by atoms with Crippen LogP contribution in [0, 0.1) is 0 Å². The molecule has 0 aromatic heterocycles. The van der Waals surface area contributed by atoms with Crippen molar-refractivity contribution in [2.45, 2.75) is 12.5 Å². The molecule has 3 N–H and O–H groups in total. The van der Waals surface area contributed by atoms with Crippen LogP contribution in [0.15, 0.2) is 24.3 Å². The van der Waals surface area contributed by atoms with Gasteiger partial charge in [0.05, 0.1) is 12.6 Å². The number of alkyl carbamates (subject to hydrolysis) is 1. The molecule has 0 bridgehead atoms. The molecule has 1 aromatic carbocycles. The zero-order chi connectivity index (χ0) is 9.97. The molecule has 1 aliphatic rings. The molecular weight excluding hydrogens is 180 g/mol. The standard InChI is InChI=1S/C10H12N2O2/c11-8-3-1-2-7(6-8)9-4-5-14-10(13)12-9/h1-3,6,9H,4-5,11H2,(H,12,13). The Labute approximate surface area is 82.1 Å². The molecular formula is C10H12N2O2. The molecule has 1 unspecified atom stereocenters. The summed E-state index contributed by atoms with van der Waals surface area (Å²) in [6, 6.07) is 7.56. The van der Waals surface area contributed by atoms with Crippen molar-refractivity contribution >= 4 is 11.8 Å². The number of carbonyl (C=O) groups excluding carboxylic acids is 1. The van der Waals surface area contributed by atoms with Gasteiger partial charge < -0.3 is 15.8 Å². The molecule has 1 aliphatic heterocycles. The van der Waals surface area contributed by atoms with Crippen LogP contribution in [0.3, 0.4) is 0 Å². The van der Waals surface area contributed by atoms with E-state index in [4.69, 9.17) is 10.5 Å². The maximum atomic E-state index is 11.0. The van der Waals surface area contributed by atoms with E-state index in [1.54, 1.807) is 0 Å². The number of nitrogens with two attached hydrogens (primary N) is 1. The van der Waals surface area contributed by atoms with Crippen LogP contribution in [-0.2, 0) is 4.74 Å². The third kappa shape index (κ3) is 1.79. The molecule has 0 radical (unpaired) electrons.